The number of carboxylic acid groups (broad SMARTS) is 1. The smallest absolute Gasteiger partial charge is 0.340 e. The minimum absolute atomic E-state index is 0.00617. The van der Waals surface area contributed by atoms with Crippen LogP contribution in [0.4, 0.5) is 10.9 Å². The number of hydrogen-bond acceptors (Lipinski definition) is 7. The van der Waals surface area contributed by atoms with Crippen molar-refractivity contribution in [3.63, 3.8) is 0 Å². The minimum atomic E-state index is -1.14. The van der Waals surface area contributed by atoms with E-state index < -0.39 is 11.9 Å². The van der Waals surface area contributed by atoms with Gasteiger partial charge in [-0.1, -0.05) is 0 Å². The quantitative estimate of drug-likeness (QED) is 0.727. The maximum atomic E-state index is 12.1. The van der Waals surface area contributed by atoms with Gasteiger partial charge in [-0.05, 0) is 18.5 Å². The Bertz CT molecular complexity index is 648. The molecule has 2 heterocycles. The van der Waals surface area contributed by atoms with Crippen LogP contribution in [-0.4, -0.2) is 43.6 Å². The van der Waals surface area contributed by atoms with E-state index in [2.05, 4.69) is 19.6 Å². The van der Waals surface area contributed by atoms with E-state index in [1.807, 2.05) is 0 Å². The van der Waals surface area contributed by atoms with Gasteiger partial charge in [0.15, 0.2) is 0 Å². The van der Waals surface area contributed by atoms with Gasteiger partial charge >= 0.3 is 5.97 Å². The zero-order chi connectivity index (χ0) is 14.2. The highest BCUT2D eigenvalue weighted by atomic mass is 32.1. The topological polar surface area (TPSA) is 138 Å². The molecule has 4 N–H and O–H groups in total. The van der Waals surface area contributed by atoms with Gasteiger partial charge in [0.1, 0.15) is 10.6 Å². The number of aromatic amines is 1. The average molecular weight is 282 g/mol. The van der Waals surface area contributed by atoms with Crippen molar-refractivity contribution in [2.75, 3.05) is 17.7 Å². The fourth-order valence-electron chi connectivity index (χ4n) is 1.45. The molecule has 0 aliphatic heterocycles. The third-order valence-electron chi connectivity index (χ3n) is 2.37. The van der Waals surface area contributed by atoms with Crippen molar-refractivity contribution in [1.82, 2.24) is 19.6 Å². The summed E-state index contributed by atoms with van der Waals surface area (Å²) in [5.74, 6) is -1.81. The van der Waals surface area contributed by atoms with Crippen LogP contribution in [0.1, 0.15) is 26.7 Å². The maximum absolute atomic E-state index is 12.1. The summed E-state index contributed by atoms with van der Waals surface area (Å²) in [5.41, 5.74) is 5.65. The molecule has 2 rings (SSSR count). The molecule has 0 aliphatic carbocycles. The summed E-state index contributed by atoms with van der Waals surface area (Å²) in [6.45, 7) is 1.56. The fraction of sp³-hybridized carbons (Fsp3) is 0.222. The van der Waals surface area contributed by atoms with Gasteiger partial charge in [-0.2, -0.15) is 9.36 Å². The Balaban J connectivity index is 2.37. The molecule has 0 aliphatic rings. The second-order valence-corrected chi connectivity index (χ2v) is 4.41. The van der Waals surface area contributed by atoms with E-state index in [1.54, 1.807) is 6.92 Å². The number of carboxylic acids is 1. The number of rotatable bonds is 3. The molecule has 19 heavy (non-hydrogen) atoms. The number of nitrogens with one attached hydrogen (secondary N) is 1. The zero-order valence-corrected chi connectivity index (χ0v) is 10.9. The van der Waals surface area contributed by atoms with Crippen molar-refractivity contribution in [3.05, 3.63) is 17.1 Å². The number of nitrogens with zero attached hydrogens (tertiary/aromatic N) is 4. The Kier molecular flexibility index (Phi) is 3.17. The number of aromatic carboxylic acids is 1. The lowest BCUT2D eigenvalue weighted by Crippen LogP contribution is -2.28. The van der Waals surface area contributed by atoms with Crippen molar-refractivity contribution in [3.8, 4) is 0 Å². The Hall–Kier alpha value is -2.49. The maximum Gasteiger partial charge on any atom is 0.340 e. The molecule has 9 nitrogen and oxygen atoms in total. The molecule has 100 valence electrons. The lowest BCUT2D eigenvalue weighted by atomic mass is 10.2. The molecule has 10 heteroatoms. The Morgan fingerprint density at radius 1 is 1.47 bits per heavy atom. The second-order valence-electron chi connectivity index (χ2n) is 3.66. The van der Waals surface area contributed by atoms with E-state index in [-0.39, 0.29) is 22.3 Å². The lowest BCUT2D eigenvalue weighted by molar-refractivity contribution is 0.0697. The predicted molar refractivity (Wildman–Crippen MR) is 67.3 cm³/mol. The van der Waals surface area contributed by atoms with Crippen LogP contribution < -0.4 is 10.6 Å². The first-order valence-corrected chi connectivity index (χ1v) is 5.84. The third kappa shape index (κ3) is 2.25. The standard InChI is InChI=1S/C9H10N6O3S/c1-3-4(8(17)18)7(19-14-3)15(2)6(16)5-11-9(10)13-12-5/h1-2H3,(H,17,18)(H3,10,11,12,13). The van der Waals surface area contributed by atoms with E-state index in [9.17, 15) is 9.59 Å². The summed E-state index contributed by atoms with van der Waals surface area (Å²) in [5, 5.41) is 15.3. The molecule has 0 saturated carbocycles. The molecule has 0 unspecified atom stereocenters. The summed E-state index contributed by atoms with van der Waals surface area (Å²) in [7, 11) is 1.43. The van der Waals surface area contributed by atoms with E-state index in [0.717, 1.165) is 16.4 Å². The van der Waals surface area contributed by atoms with Crippen LogP contribution in [0.25, 0.3) is 0 Å². The van der Waals surface area contributed by atoms with Gasteiger partial charge < -0.3 is 10.8 Å². The molecule has 0 atom stereocenters. The van der Waals surface area contributed by atoms with E-state index in [4.69, 9.17) is 10.8 Å². The van der Waals surface area contributed by atoms with Crippen molar-refractivity contribution < 1.29 is 14.7 Å². The summed E-state index contributed by atoms with van der Waals surface area (Å²) in [4.78, 5) is 28.1. The summed E-state index contributed by atoms with van der Waals surface area (Å²) in [6, 6.07) is 0. The molecule has 2 aromatic heterocycles. The molecule has 0 saturated heterocycles. The summed E-state index contributed by atoms with van der Waals surface area (Å²) < 4.78 is 3.94. The molecule has 0 aromatic carbocycles. The van der Waals surface area contributed by atoms with Crippen molar-refractivity contribution in [2.45, 2.75) is 6.92 Å². The van der Waals surface area contributed by atoms with Crippen LogP contribution in [0.15, 0.2) is 0 Å². The molecule has 0 spiro atoms. The predicted octanol–water partition coefficient (Wildman–Crippen LogP) is 0.127. The molecule has 0 radical (unpaired) electrons. The highest BCUT2D eigenvalue weighted by molar-refractivity contribution is 7.11. The number of hydrogen-bond donors (Lipinski definition) is 3. The van der Waals surface area contributed by atoms with Crippen molar-refractivity contribution in [2.24, 2.45) is 0 Å². The zero-order valence-electron chi connectivity index (χ0n) is 10.0. The highest BCUT2D eigenvalue weighted by Crippen LogP contribution is 2.28. The summed E-state index contributed by atoms with van der Waals surface area (Å²) >= 11 is 0.923. The SMILES string of the molecule is Cc1nsc(N(C)C(=O)c2nc(N)n[nH]2)c1C(=O)O. The molecule has 0 fully saturated rings. The molecule has 1 amide bonds. The normalized spacial score (nSPS) is 10.4. The van der Waals surface area contributed by atoms with E-state index in [1.165, 1.54) is 7.05 Å². The molecule has 2 aromatic rings. The molecular weight excluding hydrogens is 272 g/mol. The van der Waals surface area contributed by atoms with Crippen LogP contribution in [-0.2, 0) is 0 Å². The second kappa shape index (κ2) is 4.65. The third-order valence-corrected chi connectivity index (χ3v) is 3.39. The van der Waals surface area contributed by atoms with Crippen LogP contribution in [0.3, 0.4) is 0 Å². The fourth-order valence-corrected chi connectivity index (χ4v) is 2.30. The van der Waals surface area contributed by atoms with Gasteiger partial charge in [0, 0.05) is 7.05 Å². The average Bonchev–Trinajstić information content (AvgIpc) is 2.93. The Labute approximate surface area is 111 Å². The molecular formula is C9H10N6O3S. The van der Waals surface area contributed by atoms with Crippen molar-refractivity contribution >= 4 is 34.4 Å². The first kappa shape index (κ1) is 13.0. The Morgan fingerprint density at radius 3 is 2.68 bits per heavy atom. The van der Waals surface area contributed by atoms with Crippen LogP contribution in [0.2, 0.25) is 0 Å². The highest BCUT2D eigenvalue weighted by Gasteiger charge is 2.26. The van der Waals surface area contributed by atoms with Gasteiger partial charge in [0.25, 0.3) is 5.91 Å². The lowest BCUT2D eigenvalue weighted by Gasteiger charge is -2.13. The van der Waals surface area contributed by atoms with Crippen molar-refractivity contribution in [1.29, 1.82) is 0 Å². The number of carbonyl (C=O) groups is 2. The van der Waals surface area contributed by atoms with Gasteiger partial charge in [-0.3, -0.25) is 14.8 Å². The first-order chi connectivity index (χ1) is 8.91. The van der Waals surface area contributed by atoms with Crippen LogP contribution in [0, 0.1) is 6.92 Å². The number of nitrogens with two attached hydrogens (primary N) is 1. The minimum Gasteiger partial charge on any atom is -0.478 e. The van der Waals surface area contributed by atoms with Gasteiger partial charge in [-0.15, -0.1) is 5.10 Å². The first-order valence-electron chi connectivity index (χ1n) is 5.07. The van der Waals surface area contributed by atoms with E-state index in [0.29, 0.717) is 5.69 Å². The van der Waals surface area contributed by atoms with Crippen LogP contribution >= 0.6 is 11.5 Å². The Morgan fingerprint density at radius 2 is 2.16 bits per heavy atom. The van der Waals surface area contributed by atoms with E-state index >= 15 is 0 Å². The summed E-state index contributed by atoms with van der Waals surface area (Å²) in [6.07, 6.45) is 0. The number of carbonyl (C=O) groups excluding carboxylic acids is 1. The number of aryl methyl sites for hydroxylation is 1. The number of anilines is 2. The number of aromatic nitrogens is 4. The van der Waals surface area contributed by atoms with Gasteiger partial charge in [0.2, 0.25) is 11.8 Å². The number of amides is 1. The number of H-pyrrole nitrogens is 1. The monoisotopic (exact) mass is 282 g/mol. The molecule has 0 bridgehead atoms. The number of nitrogen functional groups attached to an aromatic ring is 1. The largest absolute Gasteiger partial charge is 0.478 e. The van der Waals surface area contributed by atoms with Crippen LogP contribution in [0.5, 0.6) is 0 Å². The van der Waals surface area contributed by atoms with Gasteiger partial charge in [-0.25, -0.2) is 4.79 Å². The van der Waals surface area contributed by atoms with Gasteiger partial charge in [0.05, 0.1) is 5.69 Å².